The summed E-state index contributed by atoms with van der Waals surface area (Å²) < 4.78 is 28.5. The molecule has 2 aromatic carbocycles. The summed E-state index contributed by atoms with van der Waals surface area (Å²) >= 11 is 1.09. The van der Waals surface area contributed by atoms with Gasteiger partial charge in [-0.15, -0.1) is 11.3 Å². The van der Waals surface area contributed by atoms with Gasteiger partial charge in [-0.2, -0.15) is 0 Å². The average molecular weight is 615 g/mol. The number of hydrogen-bond acceptors (Lipinski definition) is 10. The van der Waals surface area contributed by atoms with Crippen LogP contribution in [0, 0.1) is 0 Å². The topological polar surface area (TPSA) is 162 Å². The number of anilines is 1. The fourth-order valence-corrected chi connectivity index (χ4v) is 5.66. The summed E-state index contributed by atoms with van der Waals surface area (Å²) in [7, 11) is -0.869. The molecule has 4 rings (SSSR count). The number of benzene rings is 2. The number of aromatic amines is 1. The maximum absolute atomic E-state index is 13.7. The Kier molecular flexibility index (Phi) is 9.79. The third-order valence-corrected chi connectivity index (χ3v) is 8.99. The van der Waals surface area contributed by atoms with Crippen molar-refractivity contribution in [3.8, 4) is 22.9 Å². The summed E-state index contributed by atoms with van der Waals surface area (Å²) in [5, 5.41) is 15.8. The summed E-state index contributed by atoms with van der Waals surface area (Å²) in [6.45, 7) is 3.49. The number of ketones is 1. The molecule has 0 spiro atoms. The van der Waals surface area contributed by atoms with Gasteiger partial charge < -0.3 is 29.2 Å². The molecule has 42 heavy (non-hydrogen) atoms. The lowest BCUT2D eigenvalue weighted by atomic mass is 9.92. The van der Waals surface area contributed by atoms with Crippen LogP contribution in [0.15, 0.2) is 64.8 Å². The van der Waals surface area contributed by atoms with Crippen molar-refractivity contribution in [3.05, 3.63) is 81.7 Å². The fourth-order valence-electron chi connectivity index (χ4n) is 4.28. The Balaban J connectivity index is 1.67. The molecule has 0 saturated heterocycles. The number of Topliss-reactive ketones (excluding diaryl/α,β-unsaturated/α-hetero) is 1. The van der Waals surface area contributed by atoms with E-state index in [0.29, 0.717) is 11.3 Å². The Morgan fingerprint density at radius 2 is 1.79 bits per heavy atom. The van der Waals surface area contributed by atoms with Gasteiger partial charge in [0.25, 0.3) is 0 Å². The minimum absolute atomic E-state index is 0.0918. The normalized spacial score (nSPS) is 13.0. The first-order valence-electron chi connectivity index (χ1n) is 12.9. The molecule has 0 radical (unpaired) electrons. The van der Waals surface area contributed by atoms with E-state index in [0.717, 1.165) is 21.5 Å². The molecular weight excluding hydrogens is 583 g/mol. The maximum atomic E-state index is 13.7. The Hall–Kier alpha value is -4.03. The van der Waals surface area contributed by atoms with Gasteiger partial charge in [-0.05, 0) is 29.8 Å². The number of thiazole rings is 1. The number of aromatic nitrogens is 3. The van der Waals surface area contributed by atoms with Crippen LogP contribution in [0.2, 0.25) is 0 Å². The zero-order chi connectivity index (χ0) is 30.4. The summed E-state index contributed by atoms with van der Waals surface area (Å²) in [4.78, 5) is 45.9. The number of carbonyl (C=O) groups excluding carboxylic acids is 2. The maximum Gasteiger partial charge on any atom is 0.367 e. The molecule has 3 N–H and O–H groups in total. The highest BCUT2D eigenvalue weighted by atomic mass is 32.1. The van der Waals surface area contributed by atoms with Crippen LogP contribution in [0.4, 0.5) is 5.13 Å². The summed E-state index contributed by atoms with van der Waals surface area (Å²) in [5.41, 5.74) is 0.834. The molecule has 2 aromatic heterocycles. The Labute approximate surface area is 245 Å². The van der Waals surface area contributed by atoms with Crippen LogP contribution in [-0.4, -0.2) is 51.9 Å². The second kappa shape index (κ2) is 13.3. The number of imidazole rings is 1. The molecule has 4 aromatic rings. The molecule has 2 atom stereocenters. The van der Waals surface area contributed by atoms with E-state index in [9.17, 15) is 24.1 Å². The number of aromatic hydroxyl groups is 1. The van der Waals surface area contributed by atoms with E-state index in [1.54, 1.807) is 43.5 Å². The minimum atomic E-state index is -3.39. The molecular formula is C28H31N4O8PS. The number of H-pyrrole nitrogens is 1. The molecule has 0 aliphatic heterocycles. The second-order valence-corrected chi connectivity index (χ2v) is 12.3. The van der Waals surface area contributed by atoms with Crippen molar-refractivity contribution in [1.82, 2.24) is 14.5 Å². The van der Waals surface area contributed by atoms with Crippen LogP contribution >= 0.6 is 18.9 Å². The minimum Gasteiger partial charge on any atom is -0.493 e. The second-order valence-electron chi connectivity index (χ2n) is 9.22. The van der Waals surface area contributed by atoms with Crippen molar-refractivity contribution in [3.63, 3.8) is 0 Å². The predicted molar refractivity (Wildman–Crippen MR) is 159 cm³/mol. The number of nitrogens with one attached hydrogen (secondary N) is 2. The third kappa shape index (κ3) is 6.71. The third-order valence-electron chi connectivity index (χ3n) is 6.68. The van der Waals surface area contributed by atoms with Gasteiger partial charge in [0.15, 0.2) is 17.3 Å². The smallest absolute Gasteiger partial charge is 0.367 e. The molecule has 2 heterocycles. The van der Waals surface area contributed by atoms with Crippen LogP contribution in [0.3, 0.4) is 0 Å². The highest BCUT2D eigenvalue weighted by Crippen LogP contribution is 2.46. The van der Waals surface area contributed by atoms with Gasteiger partial charge in [0.1, 0.15) is 23.2 Å². The molecule has 0 bridgehead atoms. The van der Waals surface area contributed by atoms with E-state index in [4.69, 9.17) is 13.8 Å². The quantitative estimate of drug-likeness (QED) is 0.132. The van der Waals surface area contributed by atoms with Gasteiger partial charge in [-0.3, -0.25) is 14.2 Å². The van der Waals surface area contributed by atoms with Crippen molar-refractivity contribution in [1.29, 1.82) is 0 Å². The number of rotatable bonds is 13. The van der Waals surface area contributed by atoms with Crippen molar-refractivity contribution < 1.29 is 33.0 Å². The van der Waals surface area contributed by atoms with Crippen LogP contribution in [0.5, 0.6) is 11.6 Å². The number of nitrogens with zero attached hydrogens (tertiary/aromatic N) is 2. The monoisotopic (exact) mass is 614 g/mol. The van der Waals surface area contributed by atoms with Gasteiger partial charge in [0.05, 0.1) is 0 Å². The molecule has 222 valence electrons. The zero-order valence-electron chi connectivity index (χ0n) is 23.4. The fraction of sp³-hybridized carbons (Fsp3) is 0.286. The molecule has 12 nitrogen and oxygen atoms in total. The first-order chi connectivity index (χ1) is 20.1. The first-order valence-corrected chi connectivity index (χ1v) is 15.5. The van der Waals surface area contributed by atoms with E-state index in [2.05, 4.69) is 15.3 Å². The van der Waals surface area contributed by atoms with Crippen molar-refractivity contribution >= 4 is 35.8 Å². The van der Waals surface area contributed by atoms with Crippen LogP contribution in [0.1, 0.15) is 48.3 Å². The summed E-state index contributed by atoms with van der Waals surface area (Å²) in [6.07, 6.45) is -0.0342. The van der Waals surface area contributed by atoms with Gasteiger partial charge in [0.2, 0.25) is 11.8 Å². The Bertz CT molecular complexity index is 1640. The molecule has 14 heteroatoms. The number of hydrogen-bond donors (Lipinski definition) is 3. The van der Waals surface area contributed by atoms with Crippen LogP contribution in [-0.2, 0) is 18.4 Å². The lowest BCUT2D eigenvalue weighted by molar-refractivity contribution is -0.120. The van der Waals surface area contributed by atoms with Crippen LogP contribution in [0.25, 0.3) is 11.3 Å². The number of ether oxygens (including phenoxy) is 1. The summed E-state index contributed by atoms with van der Waals surface area (Å²) in [6, 6.07) is 14.2. The lowest BCUT2D eigenvalue weighted by Crippen LogP contribution is -2.35. The SMILES string of the molecule is CCC(=O)c1csc(NC(=O)[C@H]([C@@H](C)c2ccccc2)n2c(O)c(-c3ccc(OCP(=O)(OC)OC)cc3)[nH]c2=O)n1. The van der Waals surface area contributed by atoms with E-state index < -0.39 is 37.0 Å². The van der Waals surface area contributed by atoms with Crippen molar-refractivity contribution in [2.75, 3.05) is 25.9 Å². The standard InChI is InChI=1S/C28H31N4O8PS/c1-5-22(33)21-15-42-27(29-21)31-25(34)24(17(2)18-9-7-6-8-10-18)32-26(35)23(30-28(32)36)19-11-13-20(14-12-19)40-16-41(37,38-3)39-4/h6-15,17,24,35H,5,16H2,1-4H3,(H,30,36)(H,29,31,34)/t17-,24-/m0/s1. The van der Waals surface area contributed by atoms with Gasteiger partial charge >= 0.3 is 13.3 Å². The zero-order valence-corrected chi connectivity index (χ0v) is 25.1. The predicted octanol–water partition coefficient (Wildman–Crippen LogP) is 5.40. The van der Waals surface area contributed by atoms with E-state index in [1.165, 1.54) is 14.2 Å². The molecule has 1 amide bonds. The van der Waals surface area contributed by atoms with Gasteiger partial charge in [-0.25, -0.2) is 14.3 Å². The van der Waals surface area contributed by atoms with Gasteiger partial charge in [-0.1, -0.05) is 44.2 Å². The van der Waals surface area contributed by atoms with Crippen LogP contribution < -0.4 is 15.7 Å². The number of carbonyl (C=O) groups is 2. The molecule has 0 aliphatic carbocycles. The highest BCUT2D eigenvalue weighted by Gasteiger charge is 2.34. The average Bonchev–Trinajstić information content (AvgIpc) is 3.60. The van der Waals surface area contributed by atoms with E-state index >= 15 is 0 Å². The molecule has 0 fully saturated rings. The highest BCUT2D eigenvalue weighted by molar-refractivity contribution is 7.53. The van der Waals surface area contributed by atoms with Crippen molar-refractivity contribution in [2.45, 2.75) is 32.2 Å². The summed E-state index contributed by atoms with van der Waals surface area (Å²) in [5.74, 6) is -1.39. The first kappa shape index (κ1) is 30.9. The molecule has 0 aliphatic rings. The molecule has 0 saturated carbocycles. The lowest BCUT2D eigenvalue weighted by Gasteiger charge is -2.24. The van der Waals surface area contributed by atoms with Crippen molar-refractivity contribution in [2.24, 2.45) is 0 Å². The Morgan fingerprint density at radius 1 is 1.12 bits per heavy atom. The van der Waals surface area contributed by atoms with E-state index in [1.807, 2.05) is 30.3 Å². The molecule has 0 unspecified atom stereocenters. The number of amides is 1. The van der Waals surface area contributed by atoms with Gasteiger partial charge in [0, 0.05) is 37.5 Å². The van der Waals surface area contributed by atoms with E-state index in [-0.39, 0.29) is 35.1 Å². The largest absolute Gasteiger partial charge is 0.493 e. The Morgan fingerprint density at radius 3 is 2.40 bits per heavy atom.